The molecule has 1 N–H and O–H groups in total. The summed E-state index contributed by atoms with van der Waals surface area (Å²) >= 11 is 1.73. The first kappa shape index (κ1) is 17.0. The topological polar surface area (TPSA) is 85.1 Å². The number of nitrogens with zero attached hydrogens (tertiary/aromatic N) is 5. The average molecular weight is 368 g/mol. The van der Waals surface area contributed by atoms with Crippen LogP contribution in [-0.4, -0.2) is 41.8 Å². The quantitative estimate of drug-likeness (QED) is 0.713. The van der Waals surface area contributed by atoms with E-state index in [9.17, 15) is 4.79 Å². The molecule has 0 saturated heterocycles. The van der Waals surface area contributed by atoms with Crippen LogP contribution in [0.25, 0.3) is 5.65 Å². The van der Waals surface area contributed by atoms with Gasteiger partial charge in [-0.05, 0) is 38.7 Å². The number of aryl methyl sites for hydroxylation is 1. The van der Waals surface area contributed by atoms with Crippen LogP contribution in [0.1, 0.15) is 41.7 Å². The van der Waals surface area contributed by atoms with Gasteiger partial charge in [0.15, 0.2) is 10.8 Å². The van der Waals surface area contributed by atoms with E-state index in [1.165, 1.54) is 0 Å². The van der Waals surface area contributed by atoms with Gasteiger partial charge in [-0.2, -0.15) is 5.10 Å². The Morgan fingerprint density at radius 2 is 1.92 bits per heavy atom. The molecule has 7 nitrogen and oxygen atoms in total. The van der Waals surface area contributed by atoms with E-state index in [4.69, 9.17) is 0 Å². The zero-order chi connectivity index (χ0) is 17.9. The highest BCUT2D eigenvalue weighted by atomic mass is 32.2. The maximum absolute atomic E-state index is 12.7. The zero-order valence-corrected chi connectivity index (χ0v) is 15.3. The lowest BCUT2D eigenvalue weighted by Gasteiger charge is -2.28. The van der Waals surface area contributed by atoms with Crippen LogP contribution in [0.4, 0.5) is 0 Å². The van der Waals surface area contributed by atoms with Crippen molar-refractivity contribution in [3.05, 3.63) is 48.2 Å². The number of fused-ring (bicyclic) bond motifs is 1. The highest BCUT2D eigenvalue weighted by Gasteiger charge is 2.25. The van der Waals surface area contributed by atoms with Gasteiger partial charge in [-0.25, -0.2) is 19.5 Å². The summed E-state index contributed by atoms with van der Waals surface area (Å²) < 4.78 is 1.70. The summed E-state index contributed by atoms with van der Waals surface area (Å²) in [6.07, 6.45) is 10.9. The number of thioether (sulfide) groups is 1. The second kappa shape index (κ2) is 7.41. The van der Waals surface area contributed by atoms with Crippen LogP contribution in [0.3, 0.4) is 0 Å². The van der Waals surface area contributed by atoms with Gasteiger partial charge in [-0.3, -0.25) is 4.79 Å². The first-order chi connectivity index (χ1) is 12.7. The molecule has 8 heteroatoms. The molecule has 1 amide bonds. The second-order valence-electron chi connectivity index (χ2n) is 6.45. The molecule has 26 heavy (non-hydrogen) atoms. The number of nitrogens with one attached hydrogen (secondary N) is 1. The summed E-state index contributed by atoms with van der Waals surface area (Å²) in [4.78, 5) is 25.5. The third kappa shape index (κ3) is 3.55. The minimum absolute atomic E-state index is 0.0742. The van der Waals surface area contributed by atoms with E-state index in [-0.39, 0.29) is 11.9 Å². The Morgan fingerprint density at radius 1 is 1.15 bits per heavy atom. The minimum atomic E-state index is -0.0742. The van der Waals surface area contributed by atoms with Crippen molar-refractivity contribution in [3.8, 4) is 0 Å². The van der Waals surface area contributed by atoms with Crippen LogP contribution >= 0.6 is 11.8 Å². The van der Waals surface area contributed by atoms with Crippen LogP contribution in [-0.2, 0) is 0 Å². The maximum atomic E-state index is 12.7. The van der Waals surface area contributed by atoms with Gasteiger partial charge in [0.2, 0.25) is 0 Å². The molecule has 4 rings (SSSR count). The van der Waals surface area contributed by atoms with Gasteiger partial charge in [0.25, 0.3) is 5.91 Å². The smallest absolute Gasteiger partial charge is 0.254 e. The fourth-order valence-electron chi connectivity index (χ4n) is 3.30. The number of hydrogen-bond donors (Lipinski definition) is 1. The molecular weight excluding hydrogens is 348 g/mol. The Morgan fingerprint density at radius 3 is 2.69 bits per heavy atom. The maximum Gasteiger partial charge on any atom is 0.254 e. The van der Waals surface area contributed by atoms with Crippen LogP contribution in [0.5, 0.6) is 0 Å². The zero-order valence-electron chi connectivity index (χ0n) is 14.5. The molecule has 3 aromatic rings. The van der Waals surface area contributed by atoms with Crippen LogP contribution in [0.2, 0.25) is 0 Å². The third-order valence-electron chi connectivity index (χ3n) is 4.72. The molecule has 1 aliphatic carbocycles. The number of aromatic nitrogens is 5. The molecule has 0 unspecified atom stereocenters. The van der Waals surface area contributed by atoms with Gasteiger partial charge < -0.3 is 5.32 Å². The van der Waals surface area contributed by atoms with E-state index in [1.807, 2.05) is 19.1 Å². The predicted octanol–water partition coefficient (Wildman–Crippen LogP) is 2.66. The van der Waals surface area contributed by atoms with Crippen molar-refractivity contribution in [2.75, 3.05) is 0 Å². The van der Waals surface area contributed by atoms with E-state index in [0.717, 1.165) is 42.2 Å². The minimum Gasteiger partial charge on any atom is -0.349 e. The van der Waals surface area contributed by atoms with Crippen molar-refractivity contribution < 1.29 is 4.79 Å². The summed E-state index contributed by atoms with van der Waals surface area (Å²) in [6.45, 7) is 1.89. The van der Waals surface area contributed by atoms with Gasteiger partial charge in [0.1, 0.15) is 0 Å². The Bertz CT molecular complexity index is 904. The molecular formula is C18H20N6OS. The van der Waals surface area contributed by atoms with E-state index in [2.05, 4.69) is 25.4 Å². The molecule has 1 saturated carbocycles. The standard InChI is InChI=1S/C18H20N6OS/c1-12-15(11-21-16-7-10-22-24(12)16)17(25)23-13-3-5-14(6-4-13)26-18-19-8-2-9-20-18/h2,7-11,13-14H,3-6H2,1H3,(H,23,25). The van der Waals surface area contributed by atoms with Crippen molar-refractivity contribution in [1.82, 2.24) is 29.9 Å². The van der Waals surface area contributed by atoms with Gasteiger partial charge in [0, 0.05) is 35.9 Å². The Balaban J connectivity index is 1.35. The Kier molecular flexibility index (Phi) is 4.83. The van der Waals surface area contributed by atoms with Crippen LogP contribution in [0.15, 0.2) is 42.1 Å². The number of rotatable bonds is 4. The van der Waals surface area contributed by atoms with Crippen molar-refractivity contribution in [2.45, 2.75) is 49.1 Å². The molecule has 1 fully saturated rings. The lowest BCUT2D eigenvalue weighted by molar-refractivity contribution is 0.0926. The van der Waals surface area contributed by atoms with Gasteiger partial charge >= 0.3 is 0 Å². The molecule has 0 atom stereocenters. The normalized spacial score (nSPS) is 20.2. The summed E-state index contributed by atoms with van der Waals surface area (Å²) in [7, 11) is 0. The first-order valence-corrected chi connectivity index (χ1v) is 9.62. The monoisotopic (exact) mass is 368 g/mol. The first-order valence-electron chi connectivity index (χ1n) is 8.74. The van der Waals surface area contributed by atoms with Crippen molar-refractivity contribution in [3.63, 3.8) is 0 Å². The molecule has 0 spiro atoms. The SMILES string of the molecule is Cc1c(C(=O)NC2CCC(Sc3ncccn3)CC2)cnc2ccnn12. The molecule has 0 bridgehead atoms. The lowest BCUT2D eigenvalue weighted by atomic mass is 9.94. The molecule has 134 valence electrons. The Hall–Kier alpha value is -2.48. The Labute approximate surface area is 155 Å². The van der Waals surface area contributed by atoms with Crippen LogP contribution < -0.4 is 5.32 Å². The number of hydrogen-bond acceptors (Lipinski definition) is 6. The number of carbonyl (C=O) groups excluding carboxylic acids is 1. The molecule has 3 heterocycles. The van der Waals surface area contributed by atoms with Crippen molar-refractivity contribution in [2.24, 2.45) is 0 Å². The summed E-state index contributed by atoms with van der Waals surface area (Å²) in [5.74, 6) is -0.0742. The fourth-order valence-corrected chi connectivity index (χ4v) is 4.35. The summed E-state index contributed by atoms with van der Waals surface area (Å²) in [5.41, 5.74) is 2.14. The van der Waals surface area contributed by atoms with Crippen molar-refractivity contribution >= 4 is 23.3 Å². The van der Waals surface area contributed by atoms with E-state index in [0.29, 0.717) is 10.8 Å². The molecule has 3 aromatic heterocycles. The second-order valence-corrected chi connectivity index (χ2v) is 7.72. The highest BCUT2D eigenvalue weighted by Crippen LogP contribution is 2.31. The predicted molar refractivity (Wildman–Crippen MR) is 99.1 cm³/mol. The molecule has 0 radical (unpaired) electrons. The van der Waals surface area contributed by atoms with E-state index < -0.39 is 0 Å². The number of amides is 1. The largest absolute Gasteiger partial charge is 0.349 e. The number of carbonyl (C=O) groups is 1. The lowest BCUT2D eigenvalue weighted by Crippen LogP contribution is -2.38. The molecule has 0 aromatic carbocycles. The highest BCUT2D eigenvalue weighted by molar-refractivity contribution is 7.99. The van der Waals surface area contributed by atoms with Crippen molar-refractivity contribution in [1.29, 1.82) is 0 Å². The summed E-state index contributed by atoms with van der Waals surface area (Å²) in [5, 5.41) is 8.71. The summed E-state index contributed by atoms with van der Waals surface area (Å²) in [6, 6.07) is 3.85. The molecule has 1 aliphatic rings. The third-order valence-corrected chi connectivity index (χ3v) is 5.95. The van der Waals surface area contributed by atoms with Crippen LogP contribution in [0, 0.1) is 6.92 Å². The van der Waals surface area contributed by atoms with Gasteiger partial charge in [-0.15, -0.1) is 0 Å². The fraction of sp³-hybridized carbons (Fsp3) is 0.389. The van der Waals surface area contributed by atoms with Gasteiger partial charge in [0.05, 0.1) is 17.5 Å². The average Bonchev–Trinajstić information content (AvgIpc) is 3.14. The van der Waals surface area contributed by atoms with E-state index >= 15 is 0 Å². The van der Waals surface area contributed by atoms with Gasteiger partial charge in [-0.1, -0.05) is 11.8 Å². The molecule has 0 aliphatic heterocycles. The van der Waals surface area contributed by atoms with E-state index in [1.54, 1.807) is 41.1 Å².